The quantitative estimate of drug-likeness (QED) is 0.935. The number of hydrogen-bond donors (Lipinski definition) is 1. The van der Waals surface area contributed by atoms with Crippen molar-refractivity contribution >= 4 is 31.8 Å². The van der Waals surface area contributed by atoms with E-state index in [2.05, 4.69) is 30.8 Å². The van der Waals surface area contributed by atoms with Crippen LogP contribution in [0.15, 0.2) is 38.4 Å². The van der Waals surface area contributed by atoms with Crippen LogP contribution >= 0.6 is 15.9 Å². The van der Waals surface area contributed by atoms with Crippen molar-refractivity contribution in [3.05, 3.63) is 34.8 Å². The summed E-state index contributed by atoms with van der Waals surface area (Å²) < 4.78 is 31.5. The Morgan fingerprint density at radius 2 is 2.12 bits per heavy atom. The Morgan fingerprint density at radius 1 is 1.35 bits per heavy atom. The Hall–Kier alpha value is -1.41. The van der Waals surface area contributed by atoms with E-state index >= 15 is 0 Å². The maximum absolute atomic E-state index is 11.9. The van der Waals surface area contributed by atoms with Crippen LogP contribution in [-0.2, 0) is 10.0 Å². The second kappa shape index (κ2) is 4.46. The fourth-order valence-corrected chi connectivity index (χ4v) is 2.64. The van der Waals surface area contributed by atoms with Crippen LogP contribution in [0.3, 0.4) is 0 Å². The lowest BCUT2D eigenvalue weighted by Gasteiger charge is -2.04. The van der Waals surface area contributed by atoms with Crippen LogP contribution in [0.5, 0.6) is 0 Å². The molecule has 0 aromatic carbocycles. The Balaban J connectivity index is 2.31. The van der Waals surface area contributed by atoms with Crippen LogP contribution in [0.1, 0.15) is 5.76 Å². The molecule has 0 aliphatic heterocycles. The van der Waals surface area contributed by atoms with Crippen molar-refractivity contribution in [2.75, 3.05) is 4.72 Å². The monoisotopic (exact) mass is 317 g/mol. The third kappa shape index (κ3) is 2.83. The van der Waals surface area contributed by atoms with Crippen LogP contribution in [0.25, 0.3) is 0 Å². The second-order valence-electron chi connectivity index (χ2n) is 3.27. The zero-order valence-electron chi connectivity index (χ0n) is 8.71. The zero-order chi connectivity index (χ0) is 12.5. The van der Waals surface area contributed by atoms with Gasteiger partial charge in [0.1, 0.15) is 10.7 Å². The summed E-state index contributed by atoms with van der Waals surface area (Å²) in [5.41, 5.74) is 0. The number of aromatic nitrogens is 2. The van der Waals surface area contributed by atoms with E-state index in [0.717, 1.165) is 0 Å². The van der Waals surface area contributed by atoms with Gasteiger partial charge in [-0.25, -0.2) is 8.42 Å². The van der Waals surface area contributed by atoms with E-state index in [0.29, 0.717) is 10.2 Å². The molecule has 90 valence electrons. The molecule has 0 fully saturated rings. The first kappa shape index (κ1) is 12.1. The van der Waals surface area contributed by atoms with E-state index < -0.39 is 10.0 Å². The highest BCUT2D eigenvalue weighted by atomic mass is 79.9. The van der Waals surface area contributed by atoms with Crippen molar-refractivity contribution in [3.63, 3.8) is 0 Å². The molecule has 0 unspecified atom stereocenters. The topological polar surface area (TPSA) is 85.1 Å². The molecule has 6 nitrogen and oxygen atoms in total. The molecule has 0 amide bonds. The molecule has 2 rings (SSSR count). The summed E-state index contributed by atoms with van der Waals surface area (Å²) in [6.07, 6.45) is 2.75. The molecule has 17 heavy (non-hydrogen) atoms. The maximum Gasteiger partial charge on any atom is 0.264 e. The SMILES string of the molecule is Cc1cc(NS(=O)(=O)c2cncc(Br)c2)no1. The van der Waals surface area contributed by atoms with Crippen LogP contribution in [0, 0.1) is 6.92 Å². The standard InChI is InChI=1S/C9H8BrN3O3S/c1-6-2-9(12-16-6)13-17(14,15)8-3-7(10)4-11-5-8/h2-5H,1H3,(H,12,13). The lowest BCUT2D eigenvalue weighted by molar-refractivity contribution is 0.400. The van der Waals surface area contributed by atoms with Crippen molar-refractivity contribution < 1.29 is 12.9 Å². The molecule has 0 atom stereocenters. The fourth-order valence-electron chi connectivity index (χ4n) is 1.15. The Bertz CT molecular complexity index is 638. The minimum absolute atomic E-state index is 0.0486. The zero-order valence-corrected chi connectivity index (χ0v) is 11.1. The van der Waals surface area contributed by atoms with Gasteiger partial charge in [0, 0.05) is 22.9 Å². The number of aryl methyl sites for hydroxylation is 1. The van der Waals surface area contributed by atoms with Gasteiger partial charge in [-0.2, -0.15) is 0 Å². The molecular formula is C9H8BrN3O3S. The van der Waals surface area contributed by atoms with Gasteiger partial charge < -0.3 is 4.52 Å². The molecule has 0 saturated carbocycles. The Morgan fingerprint density at radius 3 is 2.71 bits per heavy atom. The highest BCUT2D eigenvalue weighted by Gasteiger charge is 2.16. The Labute approximate surface area is 106 Å². The molecule has 2 aromatic rings. The summed E-state index contributed by atoms with van der Waals surface area (Å²) in [5, 5.41) is 3.55. The van der Waals surface area contributed by atoms with Gasteiger partial charge >= 0.3 is 0 Å². The molecule has 2 aromatic heterocycles. The smallest absolute Gasteiger partial charge is 0.264 e. The number of hydrogen-bond acceptors (Lipinski definition) is 5. The van der Waals surface area contributed by atoms with Crippen molar-refractivity contribution in [3.8, 4) is 0 Å². The molecule has 0 aliphatic carbocycles. The number of sulfonamides is 1. The van der Waals surface area contributed by atoms with Crippen LogP contribution in [0.2, 0.25) is 0 Å². The predicted octanol–water partition coefficient (Wildman–Crippen LogP) is 1.94. The fraction of sp³-hybridized carbons (Fsp3) is 0.111. The molecule has 0 bridgehead atoms. The minimum Gasteiger partial charge on any atom is -0.360 e. The van der Waals surface area contributed by atoms with E-state index in [-0.39, 0.29) is 10.7 Å². The van der Waals surface area contributed by atoms with Crippen molar-refractivity contribution in [2.45, 2.75) is 11.8 Å². The predicted molar refractivity (Wildman–Crippen MR) is 64.0 cm³/mol. The average Bonchev–Trinajstić information content (AvgIpc) is 2.63. The third-order valence-corrected chi connectivity index (χ3v) is 3.61. The largest absolute Gasteiger partial charge is 0.360 e. The van der Waals surface area contributed by atoms with Crippen molar-refractivity contribution in [1.82, 2.24) is 10.1 Å². The minimum atomic E-state index is -3.69. The van der Waals surface area contributed by atoms with E-state index in [1.165, 1.54) is 24.5 Å². The van der Waals surface area contributed by atoms with Gasteiger partial charge in [-0.1, -0.05) is 5.16 Å². The summed E-state index contributed by atoms with van der Waals surface area (Å²) in [6, 6.07) is 2.94. The Kier molecular flexibility index (Phi) is 3.16. The average molecular weight is 318 g/mol. The van der Waals surface area contributed by atoms with E-state index in [1.807, 2.05) is 0 Å². The molecule has 0 saturated heterocycles. The van der Waals surface area contributed by atoms with Gasteiger partial charge in [0.2, 0.25) is 0 Å². The first-order valence-electron chi connectivity index (χ1n) is 4.54. The van der Waals surface area contributed by atoms with Gasteiger partial charge in [0.25, 0.3) is 10.0 Å². The molecule has 0 radical (unpaired) electrons. The molecule has 0 aliphatic rings. The van der Waals surface area contributed by atoms with Crippen LogP contribution < -0.4 is 4.72 Å². The van der Waals surface area contributed by atoms with E-state index in [1.54, 1.807) is 6.92 Å². The second-order valence-corrected chi connectivity index (χ2v) is 5.87. The summed E-state index contributed by atoms with van der Waals surface area (Å²) >= 11 is 3.16. The maximum atomic E-state index is 11.9. The van der Waals surface area contributed by atoms with Crippen LogP contribution in [0.4, 0.5) is 5.82 Å². The molecule has 8 heteroatoms. The van der Waals surface area contributed by atoms with Crippen molar-refractivity contribution in [1.29, 1.82) is 0 Å². The third-order valence-electron chi connectivity index (χ3n) is 1.86. The number of nitrogens with one attached hydrogen (secondary N) is 1. The molecule has 2 heterocycles. The molecule has 1 N–H and O–H groups in total. The van der Waals surface area contributed by atoms with Crippen LogP contribution in [-0.4, -0.2) is 18.6 Å². The van der Waals surface area contributed by atoms with Gasteiger partial charge in [0.15, 0.2) is 5.82 Å². The highest BCUT2D eigenvalue weighted by Crippen LogP contribution is 2.18. The van der Waals surface area contributed by atoms with Gasteiger partial charge in [0.05, 0.1) is 0 Å². The lowest BCUT2D eigenvalue weighted by atomic mass is 10.5. The normalized spacial score (nSPS) is 11.4. The number of nitrogens with zero attached hydrogens (tertiary/aromatic N) is 2. The van der Waals surface area contributed by atoms with Gasteiger partial charge in [-0.15, -0.1) is 0 Å². The highest BCUT2D eigenvalue weighted by molar-refractivity contribution is 9.10. The molecule has 0 spiro atoms. The van der Waals surface area contributed by atoms with Gasteiger partial charge in [-0.3, -0.25) is 9.71 Å². The first-order valence-corrected chi connectivity index (χ1v) is 6.82. The number of anilines is 1. The summed E-state index contributed by atoms with van der Waals surface area (Å²) in [7, 11) is -3.69. The number of rotatable bonds is 3. The van der Waals surface area contributed by atoms with Crippen molar-refractivity contribution in [2.24, 2.45) is 0 Å². The molecular weight excluding hydrogens is 310 g/mol. The summed E-state index contributed by atoms with van der Waals surface area (Å²) in [6.45, 7) is 1.67. The number of halogens is 1. The first-order chi connectivity index (χ1) is 7.97. The summed E-state index contributed by atoms with van der Waals surface area (Å²) in [5.74, 6) is 0.664. The van der Waals surface area contributed by atoms with E-state index in [9.17, 15) is 8.42 Å². The summed E-state index contributed by atoms with van der Waals surface area (Å²) in [4.78, 5) is 3.84. The number of pyridine rings is 1. The van der Waals surface area contributed by atoms with Gasteiger partial charge in [-0.05, 0) is 28.9 Å². The van der Waals surface area contributed by atoms with E-state index in [4.69, 9.17) is 4.52 Å². The lowest BCUT2D eigenvalue weighted by Crippen LogP contribution is -2.13.